The number of aliphatic hydroxyl groups excluding tert-OH is 2. The fourth-order valence-electron chi connectivity index (χ4n) is 8.38. The molecule has 6 heteroatoms. The molecule has 40 heavy (non-hydrogen) atoms. The topological polar surface area (TPSA) is 68.2 Å². The third kappa shape index (κ3) is 6.13. The minimum atomic E-state index is -2.59. The number of hydrogen-bond acceptors (Lipinski definition) is 5. The van der Waals surface area contributed by atoms with E-state index in [2.05, 4.69) is 88.4 Å². The summed E-state index contributed by atoms with van der Waals surface area (Å²) in [4.78, 5) is 0. The highest BCUT2D eigenvalue weighted by molar-refractivity contribution is 6.99. The first-order valence-electron chi connectivity index (χ1n) is 15.3. The summed E-state index contributed by atoms with van der Waals surface area (Å²) in [7, 11) is -0.920. The van der Waals surface area contributed by atoms with E-state index in [1.165, 1.54) is 10.4 Å². The third-order valence-corrected chi connectivity index (χ3v) is 14.9. The van der Waals surface area contributed by atoms with Crippen molar-refractivity contribution in [3.8, 4) is 0 Å². The molecule has 222 valence electrons. The van der Waals surface area contributed by atoms with Gasteiger partial charge in [-0.25, -0.2) is 0 Å². The highest BCUT2D eigenvalue weighted by Gasteiger charge is 2.60. The number of rotatable bonds is 13. The maximum absolute atomic E-state index is 11.5. The number of benzene rings is 2. The summed E-state index contributed by atoms with van der Waals surface area (Å²) in [5.74, 6) is 1.09. The quantitative estimate of drug-likeness (QED) is 0.189. The van der Waals surface area contributed by atoms with Crippen LogP contribution in [0, 0.1) is 23.2 Å². The zero-order chi connectivity index (χ0) is 28.8. The Labute approximate surface area is 243 Å². The Hall–Kier alpha value is -1.54. The molecule has 5 nitrogen and oxygen atoms in total. The van der Waals surface area contributed by atoms with Crippen molar-refractivity contribution in [1.82, 2.24) is 0 Å². The highest BCUT2D eigenvalue weighted by atomic mass is 28.4. The van der Waals surface area contributed by atoms with Crippen molar-refractivity contribution in [3.05, 3.63) is 60.7 Å². The Balaban J connectivity index is 1.59. The smallest absolute Gasteiger partial charge is 0.261 e. The molecule has 2 aliphatic rings. The van der Waals surface area contributed by atoms with Crippen LogP contribution in [0.5, 0.6) is 0 Å². The number of methoxy groups -OCH3 is 1. The van der Waals surface area contributed by atoms with E-state index < -0.39 is 8.32 Å². The van der Waals surface area contributed by atoms with Crippen molar-refractivity contribution in [2.75, 3.05) is 27.1 Å². The zero-order valence-corrected chi connectivity index (χ0v) is 26.4. The molecule has 0 amide bonds. The van der Waals surface area contributed by atoms with Crippen molar-refractivity contribution >= 4 is 18.7 Å². The second-order valence-electron chi connectivity index (χ2n) is 13.3. The second-order valence-corrected chi connectivity index (χ2v) is 17.6. The maximum Gasteiger partial charge on any atom is 0.261 e. The Kier molecular flexibility index (Phi) is 10.7. The van der Waals surface area contributed by atoms with Crippen molar-refractivity contribution in [2.24, 2.45) is 23.2 Å². The molecule has 2 aliphatic carbocycles. The summed E-state index contributed by atoms with van der Waals surface area (Å²) in [6, 6.07) is 21.6. The van der Waals surface area contributed by atoms with Crippen LogP contribution in [-0.4, -0.2) is 57.9 Å². The zero-order valence-electron chi connectivity index (χ0n) is 25.4. The van der Waals surface area contributed by atoms with E-state index in [4.69, 9.17) is 13.9 Å². The molecule has 0 spiro atoms. The largest absolute Gasteiger partial charge is 0.407 e. The monoisotopic (exact) mass is 568 g/mol. The maximum atomic E-state index is 11.5. The lowest BCUT2D eigenvalue weighted by molar-refractivity contribution is -0.173. The van der Waals surface area contributed by atoms with E-state index in [1.54, 1.807) is 7.11 Å². The van der Waals surface area contributed by atoms with Gasteiger partial charge in [0.25, 0.3) is 8.32 Å². The van der Waals surface area contributed by atoms with Gasteiger partial charge in [0.15, 0.2) is 0 Å². The first kappa shape index (κ1) is 31.4. The van der Waals surface area contributed by atoms with Crippen LogP contribution in [0.15, 0.2) is 60.7 Å². The highest BCUT2D eigenvalue weighted by Crippen LogP contribution is 2.61. The molecule has 0 aromatic heterocycles. The van der Waals surface area contributed by atoms with E-state index >= 15 is 0 Å². The molecular formula is C34H52O5Si. The fraction of sp³-hybridized carbons (Fsp3) is 0.647. The molecule has 2 aromatic carbocycles. The lowest BCUT2D eigenvalue weighted by atomic mass is 9.57. The van der Waals surface area contributed by atoms with Crippen LogP contribution in [0.25, 0.3) is 0 Å². The summed E-state index contributed by atoms with van der Waals surface area (Å²) in [5, 5.41) is 23.8. The number of aliphatic hydroxyl groups is 2. The van der Waals surface area contributed by atoms with E-state index in [9.17, 15) is 10.2 Å². The molecule has 3 unspecified atom stereocenters. The molecule has 2 saturated carbocycles. The molecule has 2 N–H and O–H groups in total. The van der Waals surface area contributed by atoms with Gasteiger partial charge in [-0.1, -0.05) is 88.4 Å². The molecule has 2 aromatic rings. The standard InChI is InChI=1S/C34H52O5Si/c1-26-22-27-24-31(36)30(34(27,19-13-20-35)32(23-26)38-25-37-5)18-12-21-39-40(33(2,3)4,28-14-8-6-9-15-28)29-16-10-7-11-17-29/h6-11,14-17,26-27,30-32,35-36H,12-13,18-25H2,1-5H3/t26?,27-,30+,31-,32?,34?/m0/s1. The minimum Gasteiger partial charge on any atom is -0.407 e. The Morgan fingerprint density at radius 1 is 0.925 bits per heavy atom. The summed E-state index contributed by atoms with van der Waals surface area (Å²) >= 11 is 0. The average Bonchev–Trinajstić information content (AvgIpc) is 3.21. The van der Waals surface area contributed by atoms with Crippen molar-refractivity contribution in [1.29, 1.82) is 0 Å². The van der Waals surface area contributed by atoms with Crippen LogP contribution in [-0.2, 0) is 13.9 Å². The van der Waals surface area contributed by atoms with E-state index in [1.807, 2.05) is 0 Å². The van der Waals surface area contributed by atoms with Crippen LogP contribution in [0.3, 0.4) is 0 Å². The van der Waals surface area contributed by atoms with Gasteiger partial charge in [-0.2, -0.15) is 0 Å². The van der Waals surface area contributed by atoms with Crippen LogP contribution >= 0.6 is 0 Å². The average molecular weight is 569 g/mol. The Morgan fingerprint density at radius 2 is 1.55 bits per heavy atom. The molecule has 0 saturated heterocycles. The van der Waals surface area contributed by atoms with Gasteiger partial charge in [0.05, 0.1) is 12.2 Å². The number of fused-ring (bicyclic) bond motifs is 1. The van der Waals surface area contributed by atoms with Crippen molar-refractivity contribution in [3.63, 3.8) is 0 Å². The van der Waals surface area contributed by atoms with Gasteiger partial charge < -0.3 is 24.1 Å². The Bertz CT molecular complexity index is 986. The van der Waals surface area contributed by atoms with Gasteiger partial charge in [-0.15, -0.1) is 0 Å². The van der Waals surface area contributed by atoms with E-state index in [-0.39, 0.29) is 42.0 Å². The van der Waals surface area contributed by atoms with Crippen molar-refractivity contribution < 1.29 is 24.1 Å². The molecule has 2 fully saturated rings. The van der Waals surface area contributed by atoms with E-state index in [0.29, 0.717) is 18.4 Å². The van der Waals surface area contributed by atoms with Crippen LogP contribution < -0.4 is 10.4 Å². The lowest BCUT2D eigenvalue weighted by Gasteiger charge is -2.51. The first-order chi connectivity index (χ1) is 19.2. The van der Waals surface area contributed by atoms with Crippen LogP contribution in [0.4, 0.5) is 0 Å². The molecular weight excluding hydrogens is 516 g/mol. The third-order valence-electron chi connectivity index (χ3n) is 9.89. The van der Waals surface area contributed by atoms with Gasteiger partial charge >= 0.3 is 0 Å². The lowest BCUT2D eigenvalue weighted by Crippen LogP contribution is -2.66. The normalized spacial score (nSPS) is 28.9. The number of hydrogen-bond donors (Lipinski definition) is 2. The predicted octanol–water partition coefficient (Wildman–Crippen LogP) is 5.52. The van der Waals surface area contributed by atoms with Gasteiger partial charge in [-0.05, 0) is 78.1 Å². The molecule has 0 aliphatic heterocycles. The van der Waals surface area contributed by atoms with Gasteiger partial charge in [0, 0.05) is 25.7 Å². The first-order valence-corrected chi connectivity index (χ1v) is 17.3. The summed E-state index contributed by atoms with van der Waals surface area (Å²) < 4.78 is 18.9. The second kappa shape index (κ2) is 13.6. The summed E-state index contributed by atoms with van der Waals surface area (Å²) in [5.41, 5.74) is -0.134. The van der Waals surface area contributed by atoms with E-state index in [0.717, 1.165) is 44.9 Å². The van der Waals surface area contributed by atoms with Crippen molar-refractivity contribution in [2.45, 2.75) is 89.9 Å². The predicted molar refractivity (Wildman–Crippen MR) is 164 cm³/mol. The van der Waals surface area contributed by atoms with Gasteiger partial charge in [0.2, 0.25) is 0 Å². The molecule has 6 atom stereocenters. The minimum absolute atomic E-state index is 0.0347. The fourth-order valence-corrected chi connectivity index (χ4v) is 13.0. The SMILES string of the molecule is COCOC1CC(C)C[C@H]2C[C@H](O)[C@@H](CCCO[Si](c3ccccc3)(c3ccccc3)C(C)(C)C)C12CCCO. The molecule has 0 bridgehead atoms. The summed E-state index contributed by atoms with van der Waals surface area (Å²) in [6.07, 6.45) is 5.99. The molecule has 0 heterocycles. The molecule has 0 radical (unpaired) electrons. The summed E-state index contributed by atoms with van der Waals surface area (Å²) in [6.45, 7) is 10.3. The Morgan fingerprint density at radius 3 is 2.10 bits per heavy atom. The van der Waals surface area contributed by atoms with Gasteiger partial charge in [0.1, 0.15) is 6.79 Å². The molecule has 4 rings (SSSR count). The number of ether oxygens (including phenoxy) is 2. The van der Waals surface area contributed by atoms with Crippen LogP contribution in [0.2, 0.25) is 5.04 Å². The van der Waals surface area contributed by atoms with Crippen LogP contribution in [0.1, 0.15) is 72.6 Å². The van der Waals surface area contributed by atoms with Gasteiger partial charge in [-0.3, -0.25) is 0 Å².